The maximum atomic E-state index is 12.8. The van der Waals surface area contributed by atoms with Crippen LogP contribution in [0.3, 0.4) is 0 Å². The van der Waals surface area contributed by atoms with Crippen molar-refractivity contribution in [1.29, 1.82) is 0 Å². The van der Waals surface area contributed by atoms with Gasteiger partial charge in [0.25, 0.3) is 5.91 Å². The van der Waals surface area contributed by atoms with Crippen molar-refractivity contribution in [3.8, 4) is 5.75 Å². The van der Waals surface area contributed by atoms with E-state index in [0.717, 1.165) is 18.4 Å². The average Bonchev–Trinajstić information content (AvgIpc) is 3.22. The highest BCUT2D eigenvalue weighted by Gasteiger charge is 2.26. The molecule has 8 heteroatoms. The van der Waals surface area contributed by atoms with Crippen LogP contribution in [0.25, 0.3) is 0 Å². The molecule has 1 amide bonds. The number of benzene rings is 2. The first-order valence-electron chi connectivity index (χ1n) is 8.69. The van der Waals surface area contributed by atoms with E-state index in [1.54, 1.807) is 24.3 Å². The summed E-state index contributed by atoms with van der Waals surface area (Å²) >= 11 is 0. The quantitative estimate of drug-likeness (QED) is 0.785. The van der Waals surface area contributed by atoms with Gasteiger partial charge in [-0.05, 0) is 54.8 Å². The molecule has 1 aliphatic heterocycles. The van der Waals surface area contributed by atoms with Crippen molar-refractivity contribution in [3.63, 3.8) is 0 Å². The number of carbonyl (C=O) groups is 1. The van der Waals surface area contributed by atoms with Gasteiger partial charge in [0.15, 0.2) is 6.61 Å². The Labute approximate surface area is 158 Å². The molecule has 1 saturated heterocycles. The number of halogens is 1. The molecule has 0 atom stereocenters. The van der Waals surface area contributed by atoms with E-state index in [9.17, 15) is 17.6 Å². The molecule has 3 rings (SSSR count). The van der Waals surface area contributed by atoms with E-state index in [1.807, 2.05) is 0 Å². The predicted molar refractivity (Wildman–Crippen MR) is 98.2 cm³/mol. The highest BCUT2D eigenvalue weighted by Crippen LogP contribution is 2.21. The molecule has 1 heterocycles. The molecule has 27 heavy (non-hydrogen) atoms. The second kappa shape index (κ2) is 8.49. The molecule has 1 aliphatic rings. The molecular weight excluding hydrogens is 371 g/mol. The first kappa shape index (κ1) is 19.3. The third-order valence-corrected chi connectivity index (χ3v) is 6.21. The van der Waals surface area contributed by atoms with Gasteiger partial charge in [-0.3, -0.25) is 4.79 Å². The van der Waals surface area contributed by atoms with E-state index in [2.05, 4.69) is 5.32 Å². The fraction of sp³-hybridized carbons (Fsp3) is 0.316. The van der Waals surface area contributed by atoms with E-state index in [0.29, 0.717) is 18.8 Å². The van der Waals surface area contributed by atoms with Gasteiger partial charge in [-0.1, -0.05) is 12.1 Å². The lowest BCUT2D eigenvalue weighted by Crippen LogP contribution is -2.29. The number of sulfonamides is 1. The molecule has 1 N–H and O–H groups in total. The molecule has 6 nitrogen and oxygen atoms in total. The normalized spacial score (nSPS) is 14.9. The third kappa shape index (κ3) is 5.05. The lowest BCUT2D eigenvalue weighted by molar-refractivity contribution is -0.123. The van der Waals surface area contributed by atoms with Crippen LogP contribution in [-0.4, -0.2) is 38.3 Å². The first-order chi connectivity index (χ1) is 12.9. The number of hydrogen-bond donors (Lipinski definition) is 1. The Morgan fingerprint density at radius 3 is 2.30 bits per heavy atom. The van der Waals surface area contributed by atoms with Crippen LogP contribution in [0.15, 0.2) is 53.4 Å². The summed E-state index contributed by atoms with van der Waals surface area (Å²) in [7, 11) is -3.43. The van der Waals surface area contributed by atoms with Gasteiger partial charge in [0.1, 0.15) is 11.6 Å². The van der Waals surface area contributed by atoms with Gasteiger partial charge >= 0.3 is 0 Å². The summed E-state index contributed by atoms with van der Waals surface area (Å²) in [6.45, 7) is 1.20. The molecule has 0 bridgehead atoms. The summed E-state index contributed by atoms with van der Waals surface area (Å²) in [6, 6.07) is 11.9. The molecule has 1 fully saturated rings. The van der Waals surface area contributed by atoms with Crippen molar-refractivity contribution in [2.75, 3.05) is 19.7 Å². The van der Waals surface area contributed by atoms with Gasteiger partial charge in [0.2, 0.25) is 10.0 Å². The number of nitrogens with one attached hydrogen (secondary N) is 1. The highest BCUT2D eigenvalue weighted by atomic mass is 32.2. The molecule has 144 valence electrons. The number of nitrogens with zero attached hydrogens (tertiary/aromatic N) is 1. The lowest BCUT2D eigenvalue weighted by atomic mass is 10.2. The number of hydrogen-bond acceptors (Lipinski definition) is 4. The van der Waals surface area contributed by atoms with Crippen LogP contribution in [0, 0.1) is 5.82 Å². The Morgan fingerprint density at radius 1 is 1.04 bits per heavy atom. The van der Waals surface area contributed by atoms with Crippen LogP contribution in [-0.2, 0) is 21.4 Å². The van der Waals surface area contributed by atoms with E-state index >= 15 is 0 Å². The molecule has 0 radical (unpaired) electrons. The number of ether oxygens (including phenoxy) is 1. The van der Waals surface area contributed by atoms with E-state index in [4.69, 9.17) is 4.74 Å². The van der Waals surface area contributed by atoms with Crippen molar-refractivity contribution < 1.29 is 22.3 Å². The number of amides is 1. The predicted octanol–water partition coefficient (Wildman–Crippen LogP) is 2.31. The zero-order chi connectivity index (χ0) is 19.3. The highest BCUT2D eigenvalue weighted by molar-refractivity contribution is 7.89. The molecule has 2 aromatic rings. The fourth-order valence-corrected chi connectivity index (χ4v) is 4.31. The zero-order valence-electron chi connectivity index (χ0n) is 14.7. The van der Waals surface area contributed by atoms with Gasteiger partial charge in [0, 0.05) is 19.6 Å². The molecule has 0 aliphatic carbocycles. The minimum absolute atomic E-state index is 0.187. The maximum absolute atomic E-state index is 12.8. The summed E-state index contributed by atoms with van der Waals surface area (Å²) in [6.07, 6.45) is 1.78. The van der Waals surface area contributed by atoms with Crippen molar-refractivity contribution >= 4 is 15.9 Å². The molecule has 2 aromatic carbocycles. The molecule has 0 spiro atoms. The second-order valence-corrected chi connectivity index (χ2v) is 8.21. The van der Waals surface area contributed by atoms with Crippen LogP contribution >= 0.6 is 0 Å². The Hall–Kier alpha value is -2.45. The fourth-order valence-electron chi connectivity index (χ4n) is 2.79. The number of rotatable bonds is 7. The van der Waals surface area contributed by atoms with E-state index < -0.39 is 10.0 Å². The van der Waals surface area contributed by atoms with Crippen molar-refractivity contribution in [3.05, 3.63) is 59.9 Å². The summed E-state index contributed by atoms with van der Waals surface area (Å²) in [5, 5.41) is 2.70. The van der Waals surface area contributed by atoms with Crippen LogP contribution < -0.4 is 10.1 Å². The van der Waals surface area contributed by atoms with Gasteiger partial charge in [-0.25, -0.2) is 12.8 Å². The zero-order valence-corrected chi connectivity index (χ0v) is 15.5. The Bertz CT molecular complexity index is 877. The van der Waals surface area contributed by atoms with Crippen LogP contribution in [0.1, 0.15) is 18.4 Å². The summed E-state index contributed by atoms with van der Waals surface area (Å²) in [4.78, 5) is 12.1. The minimum Gasteiger partial charge on any atom is -0.484 e. The van der Waals surface area contributed by atoms with Gasteiger partial charge < -0.3 is 10.1 Å². The standard InChI is InChI=1S/C19H21FN2O4S/c20-16-5-7-17(8-6-16)26-14-19(23)21-13-15-3-9-18(10-4-15)27(24,25)22-11-1-2-12-22/h3-10H,1-2,11-14H2,(H,21,23). The van der Waals surface area contributed by atoms with Crippen molar-refractivity contribution in [2.45, 2.75) is 24.3 Å². The average molecular weight is 392 g/mol. The first-order valence-corrected chi connectivity index (χ1v) is 10.1. The van der Waals surface area contributed by atoms with E-state index in [-0.39, 0.29) is 29.8 Å². The summed E-state index contributed by atoms with van der Waals surface area (Å²) in [5.74, 6) is -0.293. The maximum Gasteiger partial charge on any atom is 0.258 e. The molecule has 0 saturated carbocycles. The van der Waals surface area contributed by atoms with Crippen LogP contribution in [0.4, 0.5) is 4.39 Å². The molecular formula is C19H21FN2O4S. The second-order valence-electron chi connectivity index (χ2n) is 6.27. The summed E-state index contributed by atoms with van der Waals surface area (Å²) < 4.78 is 44.5. The largest absolute Gasteiger partial charge is 0.484 e. The smallest absolute Gasteiger partial charge is 0.258 e. The monoisotopic (exact) mass is 392 g/mol. The van der Waals surface area contributed by atoms with Gasteiger partial charge in [-0.2, -0.15) is 4.31 Å². The summed E-state index contributed by atoms with van der Waals surface area (Å²) in [5.41, 5.74) is 0.783. The molecule has 0 aromatic heterocycles. The lowest BCUT2D eigenvalue weighted by Gasteiger charge is -2.15. The van der Waals surface area contributed by atoms with Crippen LogP contribution in [0.5, 0.6) is 5.75 Å². The Morgan fingerprint density at radius 2 is 1.67 bits per heavy atom. The van der Waals surface area contributed by atoms with Crippen molar-refractivity contribution in [1.82, 2.24) is 9.62 Å². The SMILES string of the molecule is O=C(COc1ccc(F)cc1)NCc1ccc(S(=O)(=O)N2CCCC2)cc1. The Balaban J connectivity index is 1.49. The number of carbonyl (C=O) groups excluding carboxylic acids is 1. The Kier molecular flexibility index (Phi) is 6.08. The van der Waals surface area contributed by atoms with Gasteiger partial charge in [0.05, 0.1) is 4.90 Å². The molecule has 0 unspecified atom stereocenters. The van der Waals surface area contributed by atoms with Gasteiger partial charge in [-0.15, -0.1) is 0 Å². The van der Waals surface area contributed by atoms with Crippen LogP contribution in [0.2, 0.25) is 0 Å². The van der Waals surface area contributed by atoms with E-state index in [1.165, 1.54) is 28.6 Å². The third-order valence-electron chi connectivity index (χ3n) is 4.30. The van der Waals surface area contributed by atoms with Crippen molar-refractivity contribution in [2.24, 2.45) is 0 Å². The minimum atomic E-state index is -3.43. The topological polar surface area (TPSA) is 75.7 Å².